The van der Waals surface area contributed by atoms with E-state index in [1.165, 1.54) is 6.07 Å². The molecule has 0 heterocycles. The summed E-state index contributed by atoms with van der Waals surface area (Å²) in [5.41, 5.74) is -0.881. The summed E-state index contributed by atoms with van der Waals surface area (Å²) in [5, 5.41) is 21.8. The number of carbonyl (C=O) groups excluding carboxylic acids is 2. The summed E-state index contributed by atoms with van der Waals surface area (Å²) in [5.74, 6) is -1.00. The number of phenols is 2. The molecule has 0 aromatic heterocycles. The maximum atomic E-state index is 12.5. The minimum Gasteiger partial charge on any atom is -0.506 e. The summed E-state index contributed by atoms with van der Waals surface area (Å²) in [7, 11) is 0. The molecule has 2 rings (SSSR count). The van der Waals surface area contributed by atoms with Crippen molar-refractivity contribution in [3.05, 3.63) is 17.2 Å². The molecule has 0 saturated heterocycles. The Hall–Kier alpha value is -1.75. The Balaban J connectivity index is 2.16. The molecule has 0 atom stereocenters. The van der Waals surface area contributed by atoms with E-state index in [0.717, 1.165) is 25.3 Å². The Morgan fingerprint density at radius 2 is 1.95 bits per heavy atom. The van der Waals surface area contributed by atoms with Crippen LogP contribution in [0.2, 0.25) is 5.02 Å². The third-order valence-corrected chi connectivity index (χ3v) is 4.55. The van der Waals surface area contributed by atoms with Crippen LogP contribution in [0.15, 0.2) is 12.1 Å². The summed E-state index contributed by atoms with van der Waals surface area (Å²) in [4.78, 5) is 24.9. The van der Waals surface area contributed by atoms with Crippen LogP contribution in [0.1, 0.15) is 45.4 Å². The van der Waals surface area contributed by atoms with Crippen molar-refractivity contribution in [1.82, 2.24) is 0 Å². The monoisotopic (exact) mass is 325 g/mol. The fourth-order valence-electron chi connectivity index (χ4n) is 2.63. The van der Waals surface area contributed by atoms with E-state index in [1.807, 2.05) is 6.92 Å². The molecule has 0 unspecified atom stereocenters. The number of rotatable bonds is 6. The zero-order valence-corrected chi connectivity index (χ0v) is 13.2. The molecule has 1 fully saturated rings. The molecule has 1 aliphatic rings. The first-order chi connectivity index (χ1) is 10.4. The minimum absolute atomic E-state index is 0.0214. The van der Waals surface area contributed by atoms with Gasteiger partial charge >= 0.3 is 0 Å². The molecular formula is C16H20ClNO4. The summed E-state index contributed by atoms with van der Waals surface area (Å²) in [6.45, 7) is 2.00. The highest BCUT2D eigenvalue weighted by atomic mass is 35.5. The Kier molecular flexibility index (Phi) is 4.96. The topological polar surface area (TPSA) is 86.6 Å². The van der Waals surface area contributed by atoms with Gasteiger partial charge in [0.15, 0.2) is 0 Å². The van der Waals surface area contributed by atoms with Crippen LogP contribution in [0.25, 0.3) is 0 Å². The lowest BCUT2D eigenvalue weighted by Crippen LogP contribution is -2.48. The standard InChI is InChI=1S/C16H20ClNO4/c1-2-3-5-14(21)16(6-4-7-16)15(22)18-11-8-10(17)12(19)9-13(11)20/h8-9,19-20H,2-7H2,1H3,(H,18,22). The van der Waals surface area contributed by atoms with Crippen molar-refractivity contribution >= 4 is 29.0 Å². The van der Waals surface area contributed by atoms with E-state index >= 15 is 0 Å². The molecule has 3 N–H and O–H groups in total. The summed E-state index contributed by atoms with van der Waals surface area (Å²) in [6.07, 6.45) is 3.98. The van der Waals surface area contributed by atoms with Crippen LogP contribution < -0.4 is 5.32 Å². The SMILES string of the molecule is CCCCC(=O)C1(C(=O)Nc2cc(Cl)c(O)cc2O)CCC1. The second kappa shape index (κ2) is 6.57. The lowest BCUT2D eigenvalue weighted by molar-refractivity contribution is -0.145. The van der Waals surface area contributed by atoms with Crippen molar-refractivity contribution in [3.63, 3.8) is 0 Å². The van der Waals surface area contributed by atoms with Gasteiger partial charge in [-0.25, -0.2) is 0 Å². The first kappa shape index (κ1) is 16.6. The molecule has 1 aromatic rings. The Labute approximate surface area is 134 Å². The van der Waals surface area contributed by atoms with Gasteiger partial charge in [-0.1, -0.05) is 31.4 Å². The van der Waals surface area contributed by atoms with Gasteiger partial charge in [-0.3, -0.25) is 9.59 Å². The van der Waals surface area contributed by atoms with Crippen LogP contribution in [0.4, 0.5) is 5.69 Å². The van der Waals surface area contributed by atoms with Gasteiger partial charge in [0.25, 0.3) is 0 Å². The highest BCUT2D eigenvalue weighted by Gasteiger charge is 2.49. The smallest absolute Gasteiger partial charge is 0.238 e. The number of unbranched alkanes of at least 4 members (excludes halogenated alkanes) is 1. The first-order valence-corrected chi connectivity index (χ1v) is 7.84. The van der Waals surface area contributed by atoms with E-state index in [1.54, 1.807) is 0 Å². The van der Waals surface area contributed by atoms with Crippen LogP contribution >= 0.6 is 11.6 Å². The van der Waals surface area contributed by atoms with Crippen molar-refractivity contribution in [3.8, 4) is 11.5 Å². The second-order valence-electron chi connectivity index (χ2n) is 5.74. The molecule has 120 valence electrons. The Morgan fingerprint density at radius 1 is 1.27 bits per heavy atom. The first-order valence-electron chi connectivity index (χ1n) is 7.47. The molecule has 22 heavy (non-hydrogen) atoms. The minimum atomic E-state index is -0.980. The van der Waals surface area contributed by atoms with Crippen LogP contribution in [0.3, 0.4) is 0 Å². The third kappa shape index (κ3) is 3.04. The molecule has 1 aromatic carbocycles. The molecule has 0 spiro atoms. The number of hydrogen-bond donors (Lipinski definition) is 3. The lowest BCUT2D eigenvalue weighted by atomic mass is 9.64. The fraction of sp³-hybridized carbons (Fsp3) is 0.500. The maximum absolute atomic E-state index is 12.5. The summed E-state index contributed by atoms with van der Waals surface area (Å²) in [6, 6.07) is 2.33. The number of amides is 1. The van der Waals surface area contributed by atoms with Crippen LogP contribution in [0.5, 0.6) is 11.5 Å². The molecule has 0 aliphatic heterocycles. The van der Waals surface area contributed by atoms with Crippen molar-refractivity contribution in [1.29, 1.82) is 0 Å². The van der Waals surface area contributed by atoms with Crippen molar-refractivity contribution in [2.75, 3.05) is 5.32 Å². The van der Waals surface area contributed by atoms with E-state index in [9.17, 15) is 19.8 Å². The Morgan fingerprint density at radius 3 is 2.50 bits per heavy atom. The van der Waals surface area contributed by atoms with Crippen molar-refractivity contribution in [2.45, 2.75) is 45.4 Å². The van der Waals surface area contributed by atoms with Crippen LogP contribution in [-0.4, -0.2) is 21.9 Å². The van der Waals surface area contributed by atoms with Gasteiger partial charge in [-0.15, -0.1) is 0 Å². The van der Waals surface area contributed by atoms with Gasteiger partial charge in [0.2, 0.25) is 5.91 Å². The van der Waals surface area contributed by atoms with E-state index in [-0.39, 0.29) is 28.0 Å². The average Bonchev–Trinajstić information content (AvgIpc) is 2.41. The van der Waals surface area contributed by atoms with Crippen LogP contribution in [0, 0.1) is 5.41 Å². The molecule has 1 saturated carbocycles. The van der Waals surface area contributed by atoms with Gasteiger partial charge in [0.05, 0.1) is 10.7 Å². The van der Waals surface area contributed by atoms with Crippen molar-refractivity contribution in [2.24, 2.45) is 5.41 Å². The number of phenolic OH excluding ortho intramolecular Hbond substituents is 2. The van der Waals surface area contributed by atoms with Crippen molar-refractivity contribution < 1.29 is 19.8 Å². The van der Waals surface area contributed by atoms with Gasteiger partial charge in [-0.05, 0) is 25.3 Å². The molecule has 5 nitrogen and oxygen atoms in total. The number of aromatic hydroxyl groups is 2. The summed E-state index contributed by atoms with van der Waals surface area (Å²) < 4.78 is 0. The van der Waals surface area contributed by atoms with E-state index in [4.69, 9.17) is 11.6 Å². The number of Topliss-reactive ketones (excluding diaryl/α,β-unsaturated/α-hetero) is 1. The molecule has 6 heteroatoms. The van der Waals surface area contributed by atoms with Gasteiger partial charge in [0, 0.05) is 12.5 Å². The number of hydrogen-bond acceptors (Lipinski definition) is 4. The second-order valence-corrected chi connectivity index (χ2v) is 6.14. The zero-order chi connectivity index (χ0) is 16.3. The lowest BCUT2D eigenvalue weighted by Gasteiger charge is -2.38. The zero-order valence-electron chi connectivity index (χ0n) is 12.5. The summed E-state index contributed by atoms with van der Waals surface area (Å²) >= 11 is 5.78. The van der Waals surface area contributed by atoms with Crippen LogP contribution in [-0.2, 0) is 9.59 Å². The number of anilines is 1. The van der Waals surface area contributed by atoms with E-state index in [2.05, 4.69) is 5.32 Å². The van der Waals surface area contributed by atoms with Gasteiger partial charge in [0.1, 0.15) is 22.7 Å². The highest BCUT2D eigenvalue weighted by Crippen LogP contribution is 2.45. The number of carbonyl (C=O) groups is 2. The fourth-order valence-corrected chi connectivity index (χ4v) is 2.80. The quantitative estimate of drug-likeness (QED) is 0.423. The maximum Gasteiger partial charge on any atom is 0.238 e. The predicted molar refractivity (Wildman–Crippen MR) is 84.2 cm³/mol. The number of ketones is 1. The molecular weight excluding hydrogens is 306 g/mol. The largest absolute Gasteiger partial charge is 0.506 e. The molecule has 1 amide bonds. The molecule has 0 radical (unpaired) electrons. The molecule has 0 bridgehead atoms. The third-order valence-electron chi connectivity index (χ3n) is 4.25. The average molecular weight is 326 g/mol. The number of halogens is 1. The van der Waals surface area contributed by atoms with Gasteiger partial charge < -0.3 is 15.5 Å². The number of benzene rings is 1. The van der Waals surface area contributed by atoms with E-state index < -0.39 is 11.3 Å². The highest BCUT2D eigenvalue weighted by molar-refractivity contribution is 6.32. The Bertz CT molecular complexity index is 596. The molecule has 1 aliphatic carbocycles. The van der Waals surface area contributed by atoms with E-state index in [0.29, 0.717) is 19.3 Å². The van der Waals surface area contributed by atoms with Gasteiger partial charge in [-0.2, -0.15) is 0 Å². The normalized spacial score (nSPS) is 15.9. The number of nitrogens with one attached hydrogen (secondary N) is 1. The predicted octanol–water partition coefficient (Wildman–Crippen LogP) is 3.62.